The predicted octanol–water partition coefficient (Wildman–Crippen LogP) is 2.99. The maximum Gasteiger partial charge on any atom is 0.278 e. The SMILES string of the molecule is Cc1cc(C)n(-c2ccccc2NC(=O)c2nnn(C3CCNCC3)c2C)n1.Cl. The van der Waals surface area contributed by atoms with Gasteiger partial charge >= 0.3 is 0 Å². The van der Waals surface area contributed by atoms with Crippen molar-refractivity contribution in [3.63, 3.8) is 0 Å². The van der Waals surface area contributed by atoms with Crippen LogP contribution in [0.5, 0.6) is 0 Å². The van der Waals surface area contributed by atoms with Gasteiger partial charge in [-0.3, -0.25) is 4.79 Å². The van der Waals surface area contributed by atoms with Crippen LogP contribution in [0.3, 0.4) is 0 Å². The minimum absolute atomic E-state index is 0. The minimum atomic E-state index is -0.258. The van der Waals surface area contributed by atoms with Gasteiger partial charge in [-0.25, -0.2) is 9.36 Å². The second-order valence-corrected chi connectivity index (χ2v) is 7.26. The highest BCUT2D eigenvalue weighted by Crippen LogP contribution is 2.24. The third kappa shape index (κ3) is 4.18. The first-order chi connectivity index (χ1) is 13.5. The van der Waals surface area contributed by atoms with Gasteiger partial charge in [-0.05, 0) is 64.9 Å². The maximum absolute atomic E-state index is 12.9. The van der Waals surface area contributed by atoms with Crippen LogP contribution in [-0.4, -0.2) is 43.8 Å². The van der Waals surface area contributed by atoms with Crippen LogP contribution in [0, 0.1) is 20.8 Å². The first-order valence-corrected chi connectivity index (χ1v) is 9.61. The van der Waals surface area contributed by atoms with Gasteiger partial charge < -0.3 is 10.6 Å². The molecule has 3 aromatic rings. The van der Waals surface area contributed by atoms with Gasteiger partial charge in [0, 0.05) is 5.69 Å². The van der Waals surface area contributed by atoms with E-state index in [-0.39, 0.29) is 24.4 Å². The number of rotatable bonds is 4. The molecule has 4 rings (SSSR count). The smallest absolute Gasteiger partial charge is 0.278 e. The van der Waals surface area contributed by atoms with Crippen molar-refractivity contribution in [1.82, 2.24) is 30.1 Å². The Balaban J connectivity index is 0.00000240. The van der Waals surface area contributed by atoms with Crippen molar-refractivity contribution in [2.75, 3.05) is 18.4 Å². The number of hydrogen-bond acceptors (Lipinski definition) is 5. The zero-order chi connectivity index (χ0) is 19.7. The molecule has 1 saturated heterocycles. The number of piperidine rings is 1. The molecule has 0 radical (unpaired) electrons. The molecule has 0 spiro atoms. The summed E-state index contributed by atoms with van der Waals surface area (Å²) in [5.74, 6) is -0.258. The minimum Gasteiger partial charge on any atom is -0.319 e. The van der Waals surface area contributed by atoms with Gasteiger partial charge in [0.2, 0.25) is 0 Å². The van der Waals surface area contributed by atoms with Gasteiger partial charge in [0.15, 0.2) is 5.69 Å². The summed E-state index contributed by atoms with van der Waals surface area (Å²) in [7, 11) is 0. The number of aryl methyl sites for hydroxylation is 2. The molecule has 0 aliphatic carbocycles. The van der Waals surface area contributed by atoms with Crippen molar-refractivity contribution in [2.24, 2.45) is 0 Å². The number of aromatic nitrogens is 5. The second-order valence-electron chi connectivity index (χ2n) is 7.26. The summed E-state index contributed by atoms with van der Waals surface area (Å²) in [6.45, 7) is 7.77. The lowest BCUT2D eigenvalue weighted by Crippen LogP contribution is -2.30. The fourth-order valence-electron chi connectivity index (χ4n) is 3.77. The molecule has 9 heteroatoms. The topological polar surface area (TPSA) is 89.7 Å². The van der Waals surface area contributed by atoms with E-state index in [0.29, 0.717) is 11.4 Å². The molecule has 1 fully saturated rings. The van der Waals surface area contributed by atoms with Crippen LogP contribution >= 0.6 is 12.4 Å². The molecule has 1 aliphatic heterocycles. The van der Waals surface area contributed by atoms with E-state index >= 15 is 0 Å². The largest absolute Gasteiger partial charge is 0.319 e. The van der Waals surface area contributed by atoms with Crippen molar-refractivity contribution >= 4 is 24.0 Å². The Labute approximate surface area is 176 Å². The summed E-state index contributed by atoms with van der Waals surface area (Å²) >= 11 is 0. The van der Waals surface area contributed by atoms with Crippen LogP contribution in [0.2, 0.25) is 0 Å². The van der Waals surface area contributed by atoms with Gasteiger partial charge in [0.05, 0.1) is 28.8 Å². The molecular formula is C20H26ClN7O. The van der Waals surface area contributed by atoms with Crippen molar-refractivity contribution in [3.05, 3.63) is 53.1 Å². The fourth-order valence-corrected chi connectivity index (χ4v) is 3.77. The lowest BCUT2D eigenvalue weighted by atomic mass is 10.1. The number of anilines is 1. The molecule has 0 saturated carbocycles. The maximum atomic E-state index is 12.9. The molecule has 2 aromatic heterocycles. The third-order valence-electron chi connectivity index (χ3n) is 5.19. The summed E-state index contributed by atoms with van der Waals surface area (Å²) < 4.78 is 3.73. The Bertz CT molecular complexity index is 1000. The van der Waals surface area contributed by atoms with Crippen molar-refractivity contribution in [2.45, 2.75) is 39.7 Å². The molecule has 0 bridgehead atoms. The van der Waals surface area contributed by atoms with E-state index in [9.17, 15) is 4.79 Å². The van der Waals surface area contributed by atoms with Gasteiger partial charge in [-0.15, -0.1) is 17.5 Å². The van der Waals surface area contributed by atoms with E-state index in [1.807, 2.05) is 60.5 Å². The van der Waals surface area contributed by atoms with Gasteiger partial charge in [0.1, 0.15) is 0 Å². The number of hydrogen-bond donors (Lipinski definition) is 2. The second kappa shape index (κ2) is 8.75. The lowest BCUT2D eigenvalue weighted by Gasteiger charge is -2.23. The van der Waals surface area contributed by atoms with E-state index in [4.69, 9.17) is 0 Å². The zero-order valence-electron chi connectivity index (χ0n) is 16.8. The quantitative estimate of drug-likeness (QED) is 0.683. The van der Waals surface area contributed by atoms with Crippen LogP contribution < -0.4 is 10.6 Å². The fraction of sp³-hybridized carbons (Fsp3) is 0.400. The summed E-state index contributed by atoms with van der Waals surface area (Å²) in [5, 5.41) is 19.3. The van der Waals surface area contributed by atoms with E-state index < -0.39 is 0 Å². The number of carbonyl (C=O) groups is 1. The van der Waals surface area contributed by atoms with Crippen LogP contribution in [0.4, 0.5) is 5.69 Å². The first-order valence-electron chi connectivity index (χ1n) is 9.61. The van der Waals surface area contributed by atoms with Gasteiger partial charge in [-0.1, -0.05) is 17.3 Å². The van der Waals surface area contributed by atoms with Crippen LogP contribution in [0.15, 0.2) is 30.3 Å². The third-order valence-corrected chi connectivity index (χ3v) is 5.19. The number of para-hydroxylation sites is 2. The standard InChI is InChI=1S/C20H25N7O.ClH/c1-13-12-14(2)26(24-13)18-7-5-4-6-17(18)22-20(28)19-15(3)27(25-23-19)16-8-10-21-11-9-16;/h4-7,12,16,21H,8-11H2,1-3H3,(H,22,28);1H. The average Bonchev–Trinajstić information content (AvgIpc) is 3.24. The average molecular weight is 416 g/mol. The Hall–Kier alpha value is -2.71. The van der Waals surface area contributed by atoms with E-state index in [2.05, 4.69) is 26.0 Å². The number of halogens is 1. The molecule has 29 heavy (non-hydrogen) atoms. The summed E-state index contributed by atoms with van der Waals surface area (Å²) in [5.41, 5.74) is 4.61. The highest BCUT2D eigenvalue weighted by atomic mass is 35.5. The number of nitrogens with zero attached hydrogens (tertiary/aromatic N) is 5. The van der Waals surface area contributed by atoms with Gasteiger partial charge in [-0.2, -0.15) is 5.10 Å². The number of benzene rings is 1. The molecule has 2 N–H and O–H groups in total. The van der Waals surface area contributed by atoms with E-state index in [1.54, 1.807) is 0 Å². The molecule has 0 unspecified atom stereocenters. The highest BCUT2D eigenvalue weighted by molar-refractivity contribution is 6.04. The Morgan fingerprint density at radius 3 is 2.59 bits per heavy atom. The molecule has 0 atom stereocenters. The van der Waals surface area contributed by atoms with Crippen LogP contribution in [0.25, 0.3) is 5.69 Å². The zero-order valence-corrected chi connectivity index (χ0v) is 17.7. The molecule has 8 nitrogen and oxygen atoms in total. The molecule has 3 heterocycles. The molecule has 1 aliphatic rings. The molecule has 1 aromatic carbocycles. The molecule has 154 valence electrons. The predicted molar refractivity (Wildman–Crippen MR) is 114 cm³/mol. The summed E-state index contributed by atoms with van der Waals surface area (Å²) in [6, 6.07) is 9.93. The Morgan fingerprint density at radius 2 is 1.90 bits per heavy atom. The van der Waals surface area contributed by atoms with Gasteiger partial charge in [0.25, 0.3) is 5.91 Å². The monoisotopic (exact) mass is 415 g/mol. The van der Waals surface area contributed by atoms with E-state index in [0.717, 1.165) is 48.7 Å². The van der Waals surface area contributed by atoms with Crippen molar-refractivity contribution in [1.29, 1.82) is 0 Å². The summed E-state index contributed by atoms with van der Waals surface area (Å²) in [6.07, 6.45) is 1.98. The highest BCUT2D eigenvalue weighted by Gasteiger charge is 2.23. The number of amides is 1. The van der Waals surface area contributed by atoms with Crippen molar-refractivity contribution < 1.29 is 4.79 Å². The van der Waals surface area contributed by atoms with Crippen LogP contribution in [-0.2, 0) is 0 Å². The number of nitrogens with one attached hydrogen (secondary N) is 2. The van der Waals surface area contributed by atoms with Crippen LogP contribution in [0.1, 0.15) is 46.5 Å². The number of carbonyl (C=O) groups excluding carboxylic acids is 1. The molecular weight excluding hydrogens is 390 g/mol. The molecule has 1 amide bonds. The Morgan fingerprint density at radius 1 is 1.17 bits per heavy atom. The summed E-state index contributed by atoms with van der Waals surface area (Å²) in [4.78, 5) is 12.9. The van der Waals surface area contributed by atoms with Crippen molar-refractivity contribution in [3.8, 4) is 5.69 Å². The normalized spacial score (nSPS) is 14.4. The first kappa shape index (κ1) is 21.0. The Kier molecular flexibility index (Phi) is 6.34. The van der Waals surface area contributed by atoms with E-state index in [1.165, 1.54) is 0 Å². The lowest BCUT2D eigenvalue weighted by molar-refractivity contribution is 0.102.